The first-order valence-electron chi connectivity index (χ1n) is 7.21. The summed E-state index contributed by atoms with van der Waals surface area (Å²) in [7, 11) is 0. The van der Waals surface area contributed by atoms with Gasteiger partial charge in [-0.05, 0) is 37.0 Å². The van der Waals surface area contributed by atoms with Crippen LogP contribution in [-0.2, 0) is 4.79 Å². The number of anilines is 1. The van der Waals surface area contributed by atoms with Crippen LogP contribution in [0.2, 0.25) is 0 Å². The second-order valence-corrected chi connectivity index (χ2v) is 6.51. The van der Waals surface area contributed by atoms with Gasteiger partial charge in [0.1, 0.15) is 5.82 Å². The Hall–Kier alpha value is -0.920. The Bertz CT molecular complexity index is 533. The lowest BCUT2D eigenvalue weighted by Crippen LogP contribution is -2.28. The number of carbonyl (C=O) groups is 1. The van der Waals surface area contributed by atoms with Crippen LogP contribution in [0.5, 0.6) is 0 Å². The predicted molar refractivity (Wildman–Crippen MR) is 88.9 cm³/mol. The van der Waals surface area contributed by atoms with E-state index < -0.39 is 18.0 Å². The fourth-order valence-corrected chi connectivity index (χ4v) is 3.37. The van der Waals surface area contributed by atoms with Crippen molar-refractivity contribution >= 4 is 35.8 Å². The molecule has 1 aliphatic rings. The lowest BCUT2D eigenvalue weighted by Gasteiger charge is -2.16. The van der Waals surface area contributed by atoms with Crippen molar-refractivity contribution in [3.8, 4) is 0 Å². The van der Waals surface area contributed by atoms with Gasteiger partial charge in [-0.3, -0.25) is 4.79 Å². The van der Waals surface area contributed by atoms with Crippen LogP contribution < -0.4 is 11.1 Å². The van der Waals surface area contributed by atoms with Gasteiger partial charge >= 0.3 is 0 Å². The number of nitrogens with two attached hydrogens (primary N) is 1. The Morgan fingerprint density at radius 1 is 1.39 bits per heavy atom. The molecular formula is C15H20ClF3N2OS. The molecular weight excluding hydrogens is 349 g/mol. The average Bonchev–Trinajstić information content (AvgIpc) is 2.83. The maximum absolute atomic E-state index is 13.3. The summed E-state index contributed by atoms with van der Waals surface area (Å²) in [5.74, 6) is -1.05. The van der Waals surface area contributed by atoms with E-state index in [4.69, 9.17) is 5.73 Å². The Labute approximate surface area is 144 Å². The van der Waals surface area contributed by atoms with Gasteiger partial charge in [-0.15, -0.1) is 24.2 Å². The van der Waals surface area contributed by atoms with E-state index in [0.29, 0.717) is 4.90 Å². The van der Waals surface area contributed by atoms with Gasteiger partial charge in [-0.25, -0.2) is 13.2 Å². The summed E-state index contributed by atoms with van der Waals surface area (Å²) in [4.78, 5) is 12.5. The van der Waals surface area contributed by atoms with E-state index in [1.165, 1.54) is 12.1 Å². The molecule has 3 N–H and O–H groups in total. The van der Waals surface area contributed by atoms with Crippen LogP contribution in [0.15, 0.2) is 23.1 Å². The zero-order chi connectivity index (χ0) is 16.1. The second kappa shape index (κ2) is 9.39. The molecule has 0 aliphatic heterocycles. The molecule has 1 aromatic carbocycles. The molecule has 0 unspecified atom stereocenters. The highest BCUT2D eigenvalue weighted by Crippen LogP contribution is 2.31. The van der Waals surface area contributed by atoms with Gasteiger partial charge in [0.15, 0.2) is 0 Å². The van der Waals surface area contributed by atoms with Crippen molar-refractivity contribution in [2.45, 2.75) is 43.0 Å². The monoisotopic (exact) mass is 368 g/mol. The van der Waals surface area contributed by atoms with Crippen molar-refractivity contribution in [3.05, 3.63) is 24.0 Å². The molecule has 1 saturated carbocycles. The molecule has 0 bridgehead atoms. The minimum atomic E-state index is -2.46. The number of hydrogen-bond acceptors (Lipinski definition) is 3. The van der Waals surface area contributed by atoms with E-state index in [1.807, 2.05) is 0 Å². The lowest BCUT2D eigenvalue weighted by atomic mass is 10.00. The van der Waals surface area contributed by atoms with Gasteiger partial charge in [-0.1, -0.05) is 6.42 Å². The van der Waals surface area contributed by atoms with Crippen molar-refractivity contribution in [3.63, 3.8) is 0 Å². The van der Waals surface area contributed by atoms with Crippen molar-refractivity contribution in [1.29, 1.82) is 0 Å². The third-order valence-corrected chi connectivity index (χ3v) is 4.83. The standard InChI is InChI=1S/C15H19F3N2OS.ClH/c16-10-4-5-13(22-8-14(17)18)12(7-10)20-15(21)6-9-2-1-3-11(9)19;/h4-5,7,9,11,14H,1-3,6,8,19H2,(H,20,21);1H/t9-,11+;/m0./s1. The Kier molecular flexibility index (Phi) is 8.22. The molecule has 1 aliphatic carbocycles. The van der Waals surface area contributed by atoms with Crippen LogP contribution in [0.25, 0.3) is 0 Å². The predicted octanol–water partition coefficient (Wildman–Crippen LogP) is 4.06. The summed E-state index contributed by atoms with van der Waals surface area (Å²) in [6, 6.07) is 3.77. The summed E-state index contributed by atoms with van der Waals surface area (Å²) in [5.41, 5.74) is 6.17. The summed E-state index contributed by atoms with van der Waals surface area (Å²) < 4.78 is 38.0. The molecule has 1 amide bonds. The number of amides is 1. The van der Waals surface area contributed by atoms with Crippen molar-refractivity contribution in [1.82, 2.24) is 0 Å². The number of rotatable bonds is 6. The highest BCUT2D eigenvalue weighted by atomic mass is 35.5. The van der Waals surface area contributed by atoms with Gasteiger partial charge in [0.05, 0.1) is 11.4 Å². The molecule has 3 nitrogen and oxygen atoms in total. The molecule has 2 rings (SSSR count). The Morgan fingerprint density at radius 3 is 2.74 bits per heavy atom. The van der Waals surface area contributed by atoms with E-state index in [1.54, 1.807) is 0 Å². The fraction of sp³-hybridized carbons (Fsp3) is 0.533. The fourth-order valence-electron chi connectivity index (χ4n) is 2.64. The molecule has 2 atom stereocenters. The second-order valence-electron chi connectivity index (χ2n) is 5.45. The topological polar surface area (TPSA) is 55.1 Å². The molecule has 1 fully saturated rings. The van der Waals surface area contributed by atoms with Gasteiger partial charge in [0, 0.05) is 17.4 Å². The number of benzene rings is 1. The van der Waals surface area contributed by atoms with Crippen LogP contribution in [0.4, 0.5) is 18.9 Å². The first-order chi connectivity index (χ1) is 10.5. The first kappa shape index (κ1) is 20.1. The van der Waals surface area contributed by atoms with Crippen LogP contribution >= 0.6 is 24.2 Å². The molecule has 8 heteroatoms. The maximum atomic E-state index is 13.3. The summed E-state index contributed by atoms with van der Waals surface area (Å²) >= 11 is 0.893. The zero-order valence-electron chi connectivity index (χ0n) is 12.4. The van der Waals surface area contributed by atoms with E-state index in [9.17, 15) is 18.0 Å². The van der Waals surface area contributed by atoms with Crippen LogP contribution in [0.1, 0.15) is 25.7 Å². The SMILES string of the molecule is Cl.N[C@@H]1CCC[C@H]1CC(=O)Nc1cc(F)ccc1SCC(F)F. The summed E-state index contributed by atoms with van der Waals surface area (Å²) in [6.07, 6.45) is 0.638. The maximum Gasteiger partial charge on any atom is 0.247 e. The zero-order valence-corrected chi connectivity index (χ0v) is 14.1. The van der Waals surface area contributed by atoms with Crippen LogP contribution in [0, 0.1) is 11.7 Å². The third kappa shape index (κ3) is 6.24. The number of hydrogen-bond donors (Lipinski definition) is 2. The molecule has 0 saturated heterocycles. The normalized spacial score (nSPS) is 20.4. The minimum Gasteiger partial charge on any atom is -0.327 e. The molecule has 0 radical (unpaired) electrons. The average molecular weight is 369 g/mol. The van der Waals surface area contributed by atoms with Gasteiger partial charge in [0.25, 0.3) is 0 Å². The minimum absolute atomic E-state index is 0. The molecule has 130 valence electrons. The van der Waals surface area contributed by atoms with Gasteiger partial charge in [0.2, 0.25) is 12.3 Å². The quantitative estimate of drug-likeness (QED) is 0.744. The van der Waals surface area contributed by atoms with Gasteiger partial charge in [-0.2, -0.15) is 0 Å². The van der Waals surface area contributed by atoms with E-state index in [2.05, 4.69) is 5.32 Å². The van der Waals surface area contributed by atoms with Crippen LogP contribution in [0.3, 0.4) is 0 Å². The van der Waals surface area contributed by atoms with E-state index in [0.717, 1.165) is 37.1 Å². The third-order valence-electron chi connectivity index (χ3n) is 3.75. The number of nitrogens with one attached hydrogen (secondary N) is 1. The summed E-state index contributed by atoms with van der Waals surface area (Å²) in [6.45, 7) is 0. The number of carbonyl (C=O) groups excluding carboxylic acids is 1. The highest BCUT2D eigenvalue weighted by molar-refractivity contribution is 7.99. The van der Waals surface area contributed by atoms with Crippen molar-refractivity contribution in [2.24, 2.45) is 11.7 Å². The summed E-state index contributed by atoms with van der Waals surface area (Å²) in [5, 5.41) is 2.62. The van der Waals surface area contributed by atoms with Crippen LogP contribution in [-0.4, -0.2) is 24.1 Å². The number of halogens is 4. The van der Waals surface area contributed by atoms with E-state index in [-0.39, 0.29) is 42.4 Å². The highest BCUT2D eigenvalue weighted by Gasteiger charge is 2.26. The smallest absolute Gasteiger partial charge is 0.247 e. The number of thioether (sulfide) groups is 1. The molecule has 0 aromatic heterocycles. The Balaban J connectivity index is 0.00000264. The van der Waals surface area contributed by atoms with Crippen molar-refractivity contribution in [2.75, 3.05) is 11.1 Å². The van der Waals surface area contributed by atoms with E-state index >= 15 is 0 Å². The Morgan fingerprint density at radius 2 is 2.13 bits per heavy atom. The lowest BCUT2D eigenvalue weighted by molar-refractivity contribution is -0.117. The largest absolute Gasteiger partial charge is 0.327 e. The molecule has 1 aromatic rings. The molecule has 0 spiro atoms. The van der Waals surface area contributed by atoms with Gasteiger partial charge < -0.3 is 11.1 Å². The molecule has 0 heterocycles. The number of alkyl halides is 2. The molecule has 23 heavy (non-hydrogen) atoms. The van der Waals surface area contributed by atoms with Crippen molar-refractivity contribution < 1.29 is 18.0 Å². The first-order valence-corrected chi connectivity index (χ1v) is 8.20.